The average Bonchev–Trinajstić information content (AvgIpc) is 2.87. The second kappa shape index (κ2) is 3.85. The molecule has 90 valence electrons. The van der Waals surface area contributed by atoms with Gasteiger partial charge in [-0.2, -0.15) is 9.97 Å². The number of likely N-dealkylation sites (N-methyl/N-ethyl adjacent to an activating group) is 1. The molecule has 0 aliphatic carbocycles. The summed E-state index contributed by atoms with van der Waals surface area (Å²) in [6.07, 6.45) is 2.71. The van der Waals surface area contributed by atoms with E-state index in [9.17, 15) is 0 Å². The summed E-state index contributed by atoms with van der Waals surface area (Å²) in [5, 5.41) is 3.40. The van der Waals surface area contributed by atoms with Gasteiger partial charge in [0.2, 0.25) is 5.95 Å². The molecular weight excluding hydrogens is 218 g/mol. The Kier molecular flexibility index (Phi) is 2.32. The van der Waals surface area contributed by atoms with E-state index in [1.165, 1.54) is 0 Å². The lowest BCUT2D eigenvalue weighted by molar-refractivity contribution is 0.414. The van der Waals surface area contributed by atoms with E-state index in [4.69, 9.17) is 5.73 Å². The summed E-state index contributed by atoms with van der Waals surface area (Å²) in [6, 6.07) is 0.404. The van der Waals surface area contributed by atoms with E-state index < -0.39 is 0 Å². The molecule has 0 saturated carbocycles. The minimum Gasteiger partial charge on any atom is -0.368 e. The molecule has 0 amide bonds. The quantitative estimate of drug-likeness (QED) is 0.678. The maximum atomic E-state index is 5.66. The van der Waals surface area contributed by atoms with E-state index in [0.717, 1.165) is 30.8 Å². The number of nitrogens with one attached hydrogen (secondary N) is 2. The molecule has 7 nitrogen and oxygen atoms in total. The van der Waals surface area contributed by atoms with Gasteiger partial charge >= 0.3 is 0 Å². The van der Waals surface area contributed by atoms with Gasteiger partial charge in [-0.05, 0) is 20.0 Å². The van der Waals surface area contributed by atoms with E-state index in [0.29, 0.717) is 11.7 Å². The number of hydrogen-bond acceptors (Lipinski definition) is 6. The summed E-state index contributed by atoms with van der Waals surface area (Å²) in [6.45, 7) is 2.11. The maximum Gasteiger partial charge on any atom is 0.224 e. The van der Waals surface area contributed by atoms with Crippen molar-refractivity contribution in [2.75, 3.05) is 31.2 Å². The van der Waals surface area contributed by atoms with Crippen LogP contribution in [0.3, 0.4) is 0 Å². The van der Waals surface area contributed by atoms with E-state index >= 15 is 0 Å². The Morgan fingerprint density at radius 1 is 1.53 bits per heavy atom. The number of H-pyrrole nitrogens is 1. The number of hydrogen-bond donors (Lipinski definition) is 3. The Hall–Kier alpha value is -1.89. The maximum absolute atomic E-state index is 5.66. The SMILES string of the molecule is CN1CCC(Nc2nc(N)nc3nc[nH]c23)C1. The van der Waals surface area contributed by atoms with Crippen molar-refractivity contribution in [3.05, 3.63) is 6.33 Å². The summed E-state index contributed by atoms with van der Waals surface area (Å²) in [7, 11) is 2.11. The van der Waals surface area contributed by atoms with Crippen molar-refractivity contribution in [2.24, 2.45) is 0 Å². The number of aromatic nitrogens is 4. The van der Waals surface area contributed by atoms with Crippen LogP contribution in [0.1, 0.15) is 6.42 Å². The average molecular weight is 233 g/mol. The second-order valence-corrected chi connectivity index (χ2v) is 4.42. The lowest BCUT2D eigenvalue weighted by atomic mass is 10.2. The van der Waals surface area contributed by atoms with Gasteiger partial charge in [-0.3, -0.25) is 0 Å². The number of nitrogen functional groups attached to an aromatic ring is 1. The van der Waals surface area contributed by atoms with E-state index in [1.54, 1.807) is 6.33 Å². The summed E-state index contributed by atoms with van der Waals surface area (Å²) in [5.74, 6) is 0.990. The Labute approximate surface area is 98.4 Å². The highest BCUT2D eigenvalue weighted by Gasteiger charge is 2.21. The number of anilines is 2. The molecule has 1 atom stereocenters. The fraction of sp³-hybridized carbons (Fsp3) is 0.500. The van der Waals surface area contributed by atoms with E-state index in [2.05, 4.69) is 37.2 Å². The minimum absolute atomic E-state index is 0.249. The lowest BCUT2D eigenvalue weighted by Crippen LogP contribution is -2.24. The third kappa shape index (κ3) is 1.89. The van der Waals surface area contributed by atoms with Crippen molar-refractivity contribution in [3.63, 3.8) is 0 Å². The molecule has 2 aromatic heterocycles. The van der Waals surface area contributed by atoms with Crippen LogP contribution in [0.25, 0.3) is 11.2 Å². The zero-order chi connectivity index (χ0) is 11.8. The van der Waals surface area contributed by atoms with Gasteiger partial charge in [-0.25, -0.2) is 4.98 Å². The highest BCUT2D eigenvalue weighted by molar-refractivity contribution is 5.83. The summed E-state index contributed by atoms with van der Waals surface area (Å²) < 4.78 is 0. The molecule has 7 heteroatoms. The van der Waals surface area contributed by atoms with Gasteiger partial charge < -0.3 is 20.9 Å². The van der Waals surface area contributed by atoms with E-state index in [-0.39, 0.29) is 5.95 Å². The van der Waals surface area contributed by atoms with Crippen LogP contribution in [-0.2, 0) is 0 Å². The Morgan fingerprint density at radius 2 is 2.41 bits per heavy atom. The number of imidazole rings is 1. The molecule has 1 aliphatic heterocycles. The first-order valence-electron chi connectivity index (χ1n) is 5.64. The van der Waals surface area contributed by atoms with Crippen molar-refractivity contribution in [1.29, 1.82) is 0 Å². The first-order chi connectivity index (χ1) is 8.22. The monoisotopic (exact) mass is 233 g/mol. The largest absolute Gasteiger partial charge is 0.368 e. The molecule has 1 saturated heterocycles. The number of rotatable bonds is 2. The normalized spacial score (nSPS) is 21.1. The fourth-order valence-corrected chi connectivity index (χ4v) is 2.20. The highest BCUT2D eigenvalue weighted by atomic mass is 15.2. The van der Waals surface area contributed by atoms with Crippen molar-refractivity contribution in [3.8, 4) is 0 Å². The molecule has 4 N–H and O–H groups in total. The number of likely N-dealkylation sites (tertiary alicyclic amines) is 1. The van der Waals surface area contributed by atoms with Crippen LogP contribution in [-0.4, -0.2) is 51.0 Å². The third-order valence-corrected chi connectivity index (χ3v) is 3.04. The second-order valence-electron chi connectivity index (χ2n) is 4.42. The van der Waals surface area contributed by atoms with Gasteiger partial charge in [0.05, 0.1) is 6.33 Å². The molecule has 1 aliphatic rings. The van der Waals surface area contributed by atoms with Crippen LogP contribution in [0.5, 0.6) is 0 Å². The van der Waals surface area contributed by atoms with Crippen LogP contribution in [0.15, 0.2) is 6.33 Å². The number of nitrogens with zero attached hydrogens (tertiary/aromatic N) is 4. The molecule has 0 radical (unpaired) electrons. The molecule has 0 aromatic carbocycles. The molecule has 1 fully saturated rings. The fourth-order valence-electron chi connectivity index (χ4n) is 2.20. The smallest absolute Gasteiger partial charge is 0.224 e. The van der Waals surface area contributed by atoms with Gasteiger partial charge in [0.1, 0.15) is 5.52 Å². The third-order valence-electron chi connectivity index (χ3n) is 3.04. The van der Waals surface area contributed by atoms with Crippen molar-refractivity contribution in [2.45, 2.75) is 12.5 Å². The van der Waals surface area contributed by atoms with E-state index in [1.807, 2.05) is 0 Å². The number of aromatic amines is 1. The molecule has 1 unspecified atom stereocenters. The molecule has 3 rings (SSSR count). The zero-order valence-electron chi connectivity index (χ0n) is 9.64. The highest BCUT2D eigenvalue weighted by Crippen LogP contribution is 2.20. The van der Waals surface area contributed by atoms with Crippen molar-refractivity contribution >= 4 is 22.9 Å². The Morgan fingerprint density at radius 3 is 3.18 bits per heavy atom. The summed E-state index contributed by atoms with van der Waals surface area (Å²) in [4.78, 5) is 17.7. The van der Waals surface area contributed by atoms with Gasteiger partial charge in [-0.1, -0.05) is 0 Å². The van der Waals surface area contributed by atoms with Crippen molar-refractivity contribution < 1.29 is 0 Å². The molecule has 0 bridgehead atoms. The van der Waals surface area contributed by atoms with Gasteiger partial charge in [0, 0.05) is 12.6 Å². The van der Waals surface area contributed by atoms with Crippen LogP contribution in [0.4, 0.5) is 11.8 Å². The Balaban J connectivity index is 1.91. The zero-order valence-corrected chi connectivity index (χ0v) is 9.64. The molecular formula is C10H15N7. The molecule has 3 heterocycles. The number of fused-ring (bicyclic) bond motifs is 1. The topological polar surface area (TPSA) is 95.8 Å². The van der Waals surface area contributed by atoms with Gasteiger partial charge in [0.25, 0.3) is 0 Å². The van der Waals surface area contributed by atoms with Crippen LogP contribution in [0.2, 0.25) is 0 Å². The predicted molar refractivity (Wildman–Crippen MR) is 65.6 cm³/mol. The molecule has 0 spiro atoms. The Bertz CT molecular complexity index is 534. The first-order valence-corrected chi connectivity index (χ1v) is 5.64. The predicted octanol–water partition coefficient (Wildman–Crippen LogP) is 0.0511. The summed E-state index contributed by atoms with van der Waals surface area (Å²) in [5.41, 5.74) is 7.08. The molecule has 2 aromatic rings. The molecule has 17 heavy (non-hydrogen) atoms. The van der Waals surface area contributed by atoms with Gasteiger partial charge in [0.15, 0.2) is 11.5 Å². The standard InChI is InChI=1S/C10H15N7/c1-17-3-2-6(4-17)14-9-7-8(13-5-12-7)15-10(11)16-9/h5-6H,2-4H2,1H3,(H4,11,12,13,14,15,16). The van der Waals surface area contributed by atoms with Crippen LogP contribution in [0, 0.1) is 0 Å². The summed E-state index contributed by atoms with van der Waals surface area (Å²) >= 11 is 0. The van der Waals surface area contributed by atoms with Gasteiger partial charge in [-0.15, -0.1) is 0 Å². The lowest BCUT2D eigenvalue weighted by Gasteiger charge is -2.13. The number of nitrogens with two attached hydrogens (primary N) is 1. The van der Waals surface area contributed by atoms with Crippen molar-refractivity contribution in [1.82, 2.24) is 24.8 Å². The minimum atomic E-state index is 0.249. The van der Waals surface area contributed by atoms with Crippen LogP contribution < -0.4 is 11.1 Å². The van der Waals surface area contributed by atoms with Crippen LogP contribution >= 0.6 is 0 Å². The first kappa shape index (κ1) is 10.3.